The second-order valence-electron chi connectivity index (χ2n) is 20.4. The van der Waals surface area contributed by atoms with Gasteiger partial charge in [-0.25, -0.2) is 0 Å². The summed E-state index contributed by atoms with van der Waals surface area (Å²) in [5.41, 5.74) is 0. The first-order valence-corrected chi connectivity index (χ1v) is 29.4. The first-order chi connectivity index (χ1) is 29.4. The van der Waals surface area contributed by atoms with E-state index < -0.39 is 0 Å². The van der Waals surface area contributed by atoms with Crippen molar-refractivity contribution in [2.24, 2.45) is 0 Å². The molecular formula is C59H120. The summed E-state index contributed by atoms with van der Waals surface area (Å²) < 4.78 is 0. The van der Waals surface area contributed by atoms with E-state index in [-0.39, 0.29) is 0 Å². The Bertz CT molecular complexity index is 463. The van der Waals surface area contributed by atoms with E-state index in [0.717, 1.165) is 0 Å². The Balaban J connectivity index is 0.000000671. The van der Waals surface area contributed by atoms with E-state index in [2.05, 4.69) is 13.8 Å². The van der Waals surface area contributed by atoms with Crippen LogP contribution in [0.4, 0.5) is 0 Å². The maximum Gasteiger partial charge on any atom is -0.0533 e. The Labute approximate surface area is 378 Å². The van der Waals surface area contributed by atoms with Gasteiger partial charge in [-0.2, -0.15) is 0 Å². The van der Waals surface area contributed by atoms with Gasteiger partial charge in [-0.05, 0) is 0 Å². The lowest BCUT2D eigenvalue weighted by molar-refractivity contribution is 0.504. The molecule has 0 aliphatic heterocycles. The Hall–Kier alpha value is 0. The zero-order valence-electron chi connectivity index (χ0n) is 42.3. The van der Waals surface area contributed by atoms with Crippen LogP contribution in [0, 0.1) is 0 Å². The quantitative estimate of drug-likeness (QED) is 0.214. The smallest absolute Gasteiger partial charge is 0.0533 e. The monoisotopic (exact) mass is 829 g/mol. The molecule has 0 N–H and O–H groups in total. The van der Waals surface area contributed by atoms with E-state index in [4.69, 9.17) is 0 Å². The molecular weight excluding hydrogens is 709 g/mol. The van der Waals surface area contributed by atoms with Crippen LogP contribution in [-0.4, -0.2) is 0 Å². The van der Waals surface area contributed by atoms with Gasteiger partial charge in [0.15, 0.2) is 0 Å². The molecule has 0 heteroatoms. The van der Waals surface area contributed by atoms with Crippen molar-refractivity contribution in [3.63, 3.8) is 0 Å². The normalized spacial score (nSPS) is 21.5. The highest BCUT2D eigenvalue weighted by Crippen LogP contribution is 2.19. The molecule has 0 atom stereocenters. The minimum Gasteiger partial charge on any atom is -0.0654 e. The van der Waals surface area contributed by atoms with E-state index in [0.29, 0.717) is 0 Å². The number of hydrogen-bond acceptors (Lipinski definition) is 0. The molecule has 0 unspecified atom stereocenters. The first kappa shape index (κ1) is 59.0. The van der Waals surface area contributed by atoms with Crippen molar-refractivity contribution in [3.05, 3.63) is 0 Å². The summed E-state index contributed by atoms with van der Waals surface area (Å²) in [5.74, 6) is 0. The van der Waals surface area contributed by atoms with Crippen LogP contribution in [0.2, 0.25) is 0 Å². The molecule has 6 rings (SSSR count). The summed E-state index contributed by atoms with van der Waals surface area (Å²) in [6.07, 6.45) is 85.0. The van der Waals surface area contributed by atoms with E-state index in [9.17, 15) is 0 Å². The molecule has 0 aromatic carbocycles. The standard InChI is InChI=1S/C11H24.2C10H20.2C8H16.2C6H12/c1-3-5-7-9-11-10-8-6-4-2;2*1-2-4-6-8-10-9-7-5-3-1;2*1-2-4-6-8-7-5-3-1;2*1-2-4-6-5-3-1/h3-11H2,1-2H3;2*1-10H2;2*1-8H2;2*1-6H2. The summed E-state index contributed by atoms with van der Waals surface area (Å²) >= 11 is 0. The van der Waals surface area contributed by atoms with Crippen LogP contribution in [0.3, 0.4) is 0 Å². The lowest BCUT2D eigenvalue weighted by atomic mass is 10.0. The average Bonchev–Trinajstić information content (AvgIpc) is 3.27. The predicted molar refractivity (Wildman–Crippen MR) is 275 cm³/mol. The molecule has 0 nitrogen and oxygen atoms in total. The van der Waals surface area contributed by atoms with Crippen LogP contribution in [-0.2, 0) is 0 Å². The van der Waals surface area contributed by atoms with E-state index in [1.165, 1.54) is 366 Å². The molecule has 59 heavy (non-hydrogen) atoms. The highest BCUT2D eigenvalue weighted by Gasteiger charge is 2.00. The second kappa shape index (κ2) is 58.0. The Kier molecular flexibility index (Phi) is 58.0. The fourth-order valence-electron chi connectivity index (χ4n) is 9.87. The topological polar surface area (TPSA) is 0 Å². The highest BCUT2D eigenvalue weighted by atomic mass is 14.1. The first-order valence-electron chi connectivity index (χ1n) is 29.4. The summed E-state index contributed by atoms with van der Waals surface area (Å²) in [7, 11) is 0. The van der Waals surface area contributed by atoms with Gasteiger partial charge in [0.25, 0.3) is 0 Å². The summed E-state index contributed by atoms with van der Waals surface area (Å²) in [6.45, 7) is 4.55. The molecule has 0 radical (unpaired) electrons. The van der Waals surface area contributed by atoms with Gasteiger partial charge in [0.2, 0.25) is 0 Å². The van der Waals surface area contributed by atoms with E-state index in [1.54, 1.807) is 0 Å². The lowest BCUT2D eigenvalue weighted by Crippen LogP contribution is -1.85. The van der Waals surface area contributed by atoms with Gasteiger partial charge in [-0.3, -0.25) is 0 Å². The molecule has 0 saturated heterocycles. The van der Waals surface area contributed by atoms with Crippen molar-refractivity contribution < 1.29 is 0 Å². The van der Waals surface area contributed by atoms with Gasteiger partial charge in [-0.1, -0.05) is 380 Å². The molecule has 0 spiro atoms. The minimum atomic E-state index is 1.37. The van der Waals surface area contributed by atoms with Gasteiger partial charge in [0, 0.05) is 0 Å². The maximum atomic E-state index is 2.27. The van der Waals surface area contributed by atoms with Crippen molar-refractivity contribution in [1.82, 2.24) is 0 Å². The molecule has 6 aliphatic rings. The molecule has 0 heterocycles. The van der Waals surface area contributed by atoms with E-state index in [1.807, 2.05) is 0 Å². The van der Waals surface area contributed by atoms with Gasteiger partial charge in [-0.15, -0.1) is 0 Å². The van der Waals surface area contributed by atoms with Crippen molar-refractivity contribution in [2.45, 2.75) is 380 Å². The third kappa shape index (κ3) is 58.0. The lowest BCUT2D eigenvalue weighted by Gasteiger charge is -2.05. The molecule has 0 aromatic rings. The predicted octanol–water partition coefficient (Wildman–Crippen LogP) is 23.3. The van der Waals surface area contributed by atoms with Gasteiger partial charge < -0.3 is 0 Å². The molecule has 6 fully saturated rings. The summed E-state index contributed by atoms with van der Waals surface area (Å²) in [5, 5.41) is 0. The van der Waals surface area contributed by atoms with Crippen LogP contribution in [0.25, 0.3) is 0 Å². The highest BCUT2D eigenvalue weighted by molar-refractivity contribution is 4.55. The molecule has 0 bridgehead atoms. The average molecular weight is 830 g/mol. The minimum absolute atomic E-state index is 1.37. The molecule has 0 aromatic heterocycles. The van der Waals surface area contributed by atoms with Crippen molar-refractivity contribution in [1.29, 1.82) is 0 Å². The van der Waals surface area contributed by atoms with Crippen LogP contribution < -0.4 is 0 Å². The molecule has 6 aliphatic carbocycles. The SMILES string of the molecule is C1CCCCC1.C1CCCCC1.C1CCCCCCC1.C1CCCCCCC1.C1CCCCCCCCC1.C1CCCCCCCCC1.CCCCCCCCCCC. The summed E-state index contributed by atoms with van der Waals surface area (Å²) in [6, 6.07) is 0. The zero-order chi connectivity index (χ0) is 42.3. The van der Waals surface area contributed by atoms with Crippen molar-refractivity contribution in [3.8, 4) is 0 Å². The fourth-order valence-corrected chi connectivity index (χ4v) is 9.87. The second-order valence-corrected chi connectivity index (χ2v) is 20.4. The molecule has 0 amide bonds. The Morgan fingerprint density at radius 3 is 0.254 bits per heavy atom. The number of unbranched alkanes of at least 4 members (excludes halogenated alkanes) is 8. The van der Waals surface area contributed by atoms with Crippen LogP contribution in [0.5, 0.6) is 0 Å². The van der Waals surface area contributed by atoms with Crippen molar-refractivity contribution >= 4 is 0 Å². The van der Waals surface area contributed by atoms with Crippen LogP contribution in [0.15, 0.2) is 0 Å². The number of hydrogen-bond donors (Lipinski definition) is 0. The number of rotatable bonds is 8. The third-order valence-corrected chi connectivity index (χ3v) is 14.2. The van der Waals surface area contributed by atoms with Crippen LogP contribution in [0.1, 0.15) is 380 Å². The van der Waals surface area contributed by atoms with Crippen LogP contribution >= 0.6 is 0 Å². The zero-order valence-corrected chi connectivity index (χ0v) is 42.3. The third-order valence-electron chi connectivity index (χ3n) is 14.2. The largest absolute Gasteiger partial charge is 0.0654 e. The van der Waals surface area contributed by atoms with Gasteiger partial charge >= 0.3 is 0 Å². The van der Waals surface area contributed by atoms with Gasteiger partial charge in [0.1, 0.15) is 0 Å². The summed E-state index contributed by atoms with van der Waals surface area (Å²) in [4.78, 5) is 0. The maximum absolute atomic E-state index is 2.27. The van der Waals surface area contributed by atoms with E-state index >= 15 is 0 Å². The molecule has 6 saturated carbocycles. The molecule has 356 valence electrons. The van der Waals surface area contributed by atoms with Gasteiger partial charge in [0.05, 0.1) is 0 Å². The van der Waals surface area contributed by atoms with Crippen molar-refractivity contribution in [2.75, 3.05) is 0 Å². The fraction of sp³-hybridized carbons (Fsp3) is 1.00. The Morgan fingerprint density at radius 2 is 0.186 bits per heavy atom. The Morgan fingerprint density at radius 1 is 0.119 bits per heavy atom.